The fourth-order valence-corrected chi connectivity index (χ4v) is 1.70. The molecule has 1 rings (SSSR count). The summed E-state index contributed by atoms with van der Waals surface area (Å²) < 4.78 is 5.97. The second-order valence-corrected chi connectivity index (χ2v) is 5.80. The maximum absolute atomic E-state index is 5.97. The fourth-order valence-electron chi connectivity index (χ4n) is 1.70. The number of ether oxygens (including phenoxy) is 1. The van der Waals surface area contributed by atoms with Crippen LogP contribution in [0.4, 0.5) is 0 Å². The molecular weight excluding hydrogens is 224 g/mol. The number of nitrogens with zero attached hydrogens (tertiary/aromatic N) is 1. The highest BCUT2D eigenvalue weighted by Crippen LogP contribution is 2.20. The third-order valence-corrected chi connectivity index (χ3v) is 2.69. The van der Waals surface area contributed by atoms with Crippen LogP contribution in [0.15, 0.2) is 18.5 Å². The third-order valence-electron chi connectivity index (χ3n) is 2.69. The molecule has 18 heavy (non-hydrogen) atoms. The summed E-state index contributed by atoms with van der Waals surface area (Å²) in [6.45, 7) is 11.5. The summed E-state index contributed by atoms with van der Waals surface area (Å²) in [7, 11) is 0. The van der Waals surface area contributed by atoms with Crippen LogP contribution in [0.25, 0.3) is 0 Å². The highest BCUT2D eigenvalue weighted by Gasteiger charge is 2.12. The van der Waals surface area contributed by atoms with Crippen LogP contribution in [-0.4, -0.2) is 16.6 Å². The zero-order valence-electron chi connectivity index (χ0n) is 12.3. The molecule has 0 spiro atoms. The van der Waals surface area contributed by atoms with E-state index in [1.165, 1.54) is 0 Å². The van der Waals surface area contributed by atoms with Crippen LogP contribution in [0.3, 0.4) is 0 Å². The summed E-state index contributed by atoms with van der Waals surface area (Å²) in [5, 5.41) is 3.46. The van der Waals surface area contributed by atoms with Gasteiger partial charge in [-0.3, -0.25) is 4.98 Å². The minimum atomic E-state index is 0.0994. The molecule has 0 aliphatic heterocycles. The number of aromatic nitrogens is 1. The van der Waals surface area contributed by atoms with Gasteiger partial charge >= 0.3 is 0 Å². The van der Waals surface area contributed by atoms with E-state index in [0.29, 0.717) is 0 Å². The van der Waals surface area contributed by atoms with Crippen molar-refractivity contribution in [2.45, 2.75) is 65.6 Å². The van der Waals surface area contributed by atoms with Crippen molar-refractivity contribution in [1.29, 1.82) is 0 Å². The molecule has 3 nitrogen and oxygen atoms in total. The molecule has 0 saturated carbocycles. The first-order chi connectivity index (χ1) is 8.42. The Morgan fingerprint density at radius 1 is 1.39 bits per heavy atom. The number of pyridine rings is 1. The van der Waals surface area contributed by atoms with E-state index < -0.39 is 0 Å². The van der Waals surface area contributed by atoms with Gasteiger partial charge < -0.3 is 10.1 Å². The van der Waals surface area contributed by atoms with Gasteiger partial charge in [-0.25, -0.2) is 0 Å². The molecule has 1 heterocycles. The molecule has 1 aromatic heterocycles. The quantitative estimate of drug-likeness (QED) is 0.838. The van der Waals surface area contributed by atoms with E-state index in [2.05, 4.69) is 44.9 Å². The summed E-state index contributed by atoms with van der Waals surface area (Å²) in [5.74, 6) is 0.947. The van der Waals surface area contributed by atoms with Crippen LogP contribution < -0.4 is 10.1 Å². The van der Waals surface area contributed by atoms with E-state index in [0.717, 1.165) is 30.7 Å². The molecule has 0 aromatic carbocycles. The summed E-state index contributed by atoms with van der Waals surface area (Å²) in [4.78, 5) is 4.18. The Balaban J connectivity index is 2.67. The third kappa shape index (κ3) is 5.50. The van der Waals surface area contributed by atoms with Crippen LogP contribution in [0, 0.1) is 0 Å². The van der Waals surface area contributed by atoms with Gasteiger partial charge in [0, 0.05) is 30.0 Å². The summed E-state index contributed by atoms with van der Waals surface area (Å²) >= 11 is 0. The van der Waals surface area contributed by atoms with Crippen molar-refractivity contribution in [2.75, 3.05) is 0 Å². The van der Waals surface area contributed by atoms with Crippen LogP contribution in [0.1, 0.15) is 53.0 Å². The smallest absolute Gasteiger partial charge is 0.127 e. The predicted molar refractivity (Wildman–Crippen MR) is 75.8 cm³/mol. The Kier molecular flexibility index (Phi) is 5.60. The zero-order valence-corrected chi connectivity index (χ0v) is 12.3. The monoisotopic (exact) mass is 250 g/mol. The maximum Gasteiger partial charge on any atom is 0.127 e. The molecule has 0 radical (unpaired) electrons. The zero-order chi connectivity index (χ0) is 13.6. The van der Waals surface area contributed by atoms with E-state index in [1.54, 1.807) is 6.20 Å². The van der Waals surface area contributed by atoms with Crippen molar-refractivity contribution < 1.29 is 4.74 Å². The first-order valence-corrected chi connectivity index (χ1v) is 6.77. The molecule has 0 bridgehead atoms. The standard InChI is InChI=1S/C15H26N2O/c1-6-7-12(2)18-14-8-9-16-10-13(14)11-17-15(3,4)5/h8-10,12,17H,6-7,11H2,1-5H3. The molecule has 0 aliphatic rings. The highest BCUT2D eigenvalue weighted by molar-refractivity contribution is 5.30. The topological polar surface area (TPSA) is 34.1 Å². The first kappa shape index (κ1) is 15.0. The largest absolute Gasteiger partial charge is 0.490 e. The number of hydrogen-bond donors (Lipinski definition) is 1. The van der Waals surface area contributed by atoms with Crippen molar-refractivity contribution in [3.05, 3.63) is 24.0 Å². The van der Waals surface area contributed by atoms with Gasteiger partial charge in [0.05, 0.1) is 6.10 Å². The summed E-state index contributed by atoms with van der Waals surface area (Å²) in [6, 6.07) is 1.95. The molecule has 1 atom stereocenters. The molecule has 1 N–H and O–H groups in total. The second-order valence-electron chi connectivity index (χ2n) is 5.80. The van der Waals surface area contributed by atoms with E-state index in [1.807, 2.05) is 12.3 Å². The molecule has 102 valence electrons. The van der Waals surface area contributed by atoms with Crippen LogP contribution in [-0.2, 0) is 6.54 Å². The Labute approximate surface area is 111 Å². The molecule has 1 aromatic rings. The van der Waals surface area contributed by atoms with Crippen molar-refractivity contribution in [3.63, 3.8) is 0 Å². The van der Waals surface area contributed by atoms with Crippen LogP contribution >= 0.6 is 0 Å². The molecule has 0 saturated heterocycles. The van der Waals surface area contributed by atoms with E-state index in [4.69, 9.17) is 4.74 Å². The second kappa shape index (κ2) is 6.74. The lowest BCUT2D eigenvalue weighted by Crippen LogP contribution is -2.35. The van der Waals surface area contributed by atoms with Gasteiger partial charge in [-0.05, 0) is 40.2 Å². The predicted octanol–water partition coefficient (Wildman–Crippen LogP) is 3.54. The Hall–Kier alpha value is -1.09. The average molecular weight is 250 g/mol. The first-order valence-electron chi connectivity index (χ1n) is 6.77. The molecule has 0 aliphatic carbocycles. The summed E-state index contributed by atoms with van der Waals surface area (Å²) in [6.07, 6.45) is 6.14. The molecule has 3 heteroatoms. The summed E-state index contributed by atoms with van der Waals surface area (Å²) in [5.41, 5.74) is 1.22. The van der Waals surface area contributed by atoms with Gasteiger partial charge in [-0.2, -0.15) is 0 Å². The van der Waals surface area contributed by atoms with Crippen molar-refractivity contribution in [2.24, 2.45) is 0 Å². The average Bonchev–Trinajstić information content (AvgIpc) is 2.27. The Bertz CT molecular complexity index is 358. The normalized spacial score (nSPS) is 13.4. The minimum absolute atomic E-state index is 0.0994. The van der Waals surface area contributed by atoms with Gasteiger partial charge in [-0.15, -0.1) is 0 Å². The lowest BCUT2D eigenvalue weighted by atomic mass is 10.1. The molecule has 0 fully saturated rings. The fraction of sp³-hybridized carbons (Fsp3) is 0.667. The minimum Gasteiger partial charge on any atom is -0.490 e. The van der Waals surface area contributed by atoms with E-state index in [-0.39, 0.29) is 11.6 Å². The Morgan fingerprint density at radius 2 is 2.11 bits per heavy atom. The van der Waals surface area contributed by atoms with Crippen LogP contribution in [0.5, 0.6) is 5.75 Å². The van der Waals surface area contributed by atoms with Crippen LogP contribution in [0.2, 0.25) is 0 Å². The lowest BCUT2D eigenvalue weighted by Gasteiger charge is -2.22. The molecular formula is C15H26N2O. The van der Waals surface area contributed by atoms with Gasteiger partial charge in [0.25, 0.3) is 0 Å². The number of hydrogen-bond acceptors (Lipinski definition) is 3. The van der Waals surface area contributed by atoms with Gasteiger partial charge in [-0.1, -0.05) is 13.3 Å². The molecule has 0 amide bonds. The lowest BCUT2D eigenvalue weighted by molar-refractivity contribution is 0.207. The van der Waals surface area contributed by atoms with E-state index >= 15 is 0 Å². The van der Waals surface area contributed by atoms with Gasteiger partial charge in [0.15, 0.2) is 0 Å². The van der Waals surface area contributed by atoms with Crippen molar-refractivity contribution in [3.8, 4) is 5.75 Å². The number of rotatable bonds is 6. The van der Waals surface area contributed by atoms with Crippen molar-refractivity contribution in [1.82, 2.24) is 10.3 Å². The SMILES string of the molecule is CCCC(C)Oc1ccncc1CNC(C)(C)C. The highest BCUT2D eigenvalue weighted by atomic mass is 16.5. The Morgan fingerprint density at radius 3 is 2.72 bits per heavy atom. The molecule has 1 unspecified atom stereocenters. The van der Waals surface area contributed by atoms with Gasteiger partial charge in [0.2, 0.25) is 0 Å². The van der Waals surface area contributed by atoms with Gasteiger partial charge in [0.1, 0.15) is 5.75 Å². The maximum atomic E-state index is 5.97. The van der Waals surface area contributed by atoms with Crippen molar-refractivity contribution >= 4 is 0 Å². The van der Waals surface area contributed by atoms with E-state index in [9.17, 15) is 0 Å². The number of nitrogens with one attached hydrogen (secondary N) is 1.